The van der Waals surface area contributed by atoms with Gasteiger partial charge in [-0.15, -0.1) is 0 Å². The SMILES string of the molecule is C[C@H](NC(=O)[C@@H]1CCCN1C(=O)CNC(=O)OC(C)(C)C)c1ccc(S(=O)(=O)NC2CCOCC2)cc1/C=C/C1CC1. The summed E-state index contributed by atoms with van der Waals surface area (Å²) in [5.74, 6) is -0.165. The summed E-state index contributed by atoms with van der Waals surface area (Å²) in [6, 6.07) is 3.72. The normalized spacial score (nSPS) is 20.9. The minimum absolute atomic E-state index is 0.163. The molecule has 3 fully saturated rings. The van der Waals surface area contributed by atoms with E-state index in [9.17, 15) is 22.8 Å². The van der Waals surface area contributed by atoms with Gasteiger partial charge in [0.05, 0.1) is 10.9 Å². The van der Waals surface area contributed by atoms with E-state index in [1.807, 2.05) is 13.0 Å². The molecule has 1 aromatic carbocycles. The summed E-state index contributed by atoms with van der Waals surface area (Å²) in [5, 5.41) is 5.50. The number of likely N-dealkylation sites (tertiary alicyclic amines) is 1. The maximum absolute atomic E-state index is 13.4. The van der Waals surface area contributed by atoms with Gasteiger partial charge in [0.25, 0.3) is 0 Å². The first-order valence-corrected chi connectivity index (χ1v) is 16.3. The van der Waals surface area contributed by atoms with Crippen molar-refractivity contribution >= 4 is 34.0 Å². The molecule has 232 valence electrons. The van der Waals surface area contributed by atoms with Crippen LogP contribution in [0.3, 0.4) is 0 Å². The number of hydrogen-bond donors (Lipinski definition) is 3. The minimum atomic E-state index is -3.73. The molecule has 3 N–H and O–H groups in total. The molecule has 4 rings (SSSR count). The first-order valence-electron chi connectivity index (χ1n) is 14.8. The Labute approximate surface area is 248 Å². The van der Waals surface area contributed by atoms with E-state index in [-0.39, 0.29) is 29.3 Å². The maximum Gasteiger partial charge on any atom is 0.408 e. The van der Waals surface area contributed by atoms with E-state index in [1.165, 1.54) is 4.90 Å². The van der Waals surface area contributed by atoms with Crippen LogP contribution in [0.15, 0.2) is 29.2 Å². The standard InChI is InChI=1S/C30H44N4O7S/c1-20(32-28(36)26-6-5-15-34(26)27(35)19-31-29(37)41-30(2,3)4)25-12-11-24(18-22(25)10-9-21-7-8-21)42(38,39)33-23-13-16-40-17-14-23/h9-12,18,20-21,23,26,33H,5-8,13-17,19H2,1-4H3,(H,31,37)(H,32,36)/b10-9+/t20-,26-/m0/s1. The van der Waals surface area contributed by atoms with Crippen LogP contribution in [-0.4, -0.2) is 75.2 Å². The fourth-order valence-electron chi connectivity index (χ4n) is 5.18. The number of alkyl carbamates (subject to hydrolysis) is 1. The van der Waals surface area contributed by atoms with Crippen molar-refractivity contribution in [2.45, 2.75) is 94.8 Å². The Balaban J connectivity index is 1.43. The van der Waals surface area contributed by atoms with Gasteiger partial charge in [-0.25, -0.2) is 17.9 Å². The van der Waals surface area contributed by atoms with Crippen molar-refractivity contribution < 1.29 is 32.3 Å². The second kappa shape index (κ2) is 13.6. The van der Waals surface area contributed by atoms with Crippen molar-refractivity contribution in [1.29, 1.82) is 0 Å². The number of rotatable bonds is 10. The van der Waals surface area contributed by atoms with Gasteiger partial charge in [-0.1, -0.05) is 18.2 Å². The van der Waals surface area contributed by atoms with E-state index < -0.39 is 33.8 Å². The number of hydrogen-bond acceptors (Lipinski definition) is 7. The van der Waals surface area contributed by atoms with Crippen LogP contribution in [0.4, 0.5) is 4.79 Å². The monoisotopic (exact) mass is 604 g/mol. The summed E-state index contributed by atoms with van der Waals surface area (Å²) in [6.07, 6.45) is 8.00. The first kappa shape index (κ1) is 32.0. The molecule has 2 heterocycles. The van der Waals surface area contributed by atoms with Crippen LogP contribution in [0.25, 0.3) is 6.08 Å². The number of sulfonamides is 1. The Bertz CT molecular complexity index is 1280. The lowest BCUT2D eigenvalue weighted by Crippen LogP contribution is -2.49. The van der Waals surface area contributed by atoms with E-state index in [0.29, 0.717) is 51.4 Å². The molecule has 0 unspecified atom stereocenters. The van der Waals surface area contributed by atoms with Gasteiger partial charge in [0.1, 0.15) is 18.2 Å². The number of amides is 3. The molecule has 3 amide bonds. The van der Waals surface area contributed by atoms with Crippen LogP contribution in [0.5, 0.6) is 0 Å². The highest BCUT2D eigenvalue weighted by molar-refractivity contribution is 7.89. The van der Waals surface area contributed by atoms with Crippen LogP contribution in [0.2, 0.25) is 0 Å². The van der Waals surface area contributed by atoms with E-state index in [0.717, 1.165) is 24.0 Å². The molecule has 2 saturated heterocycles. The molecule has 1 aromatic rings. The molecule has 0 spiro atoms. The smallest absolute Gasteiger partial charge is 0.408 e. The second-order valence-electron chi connectivity index (χ2n) is 12.3. The van der Waals surface area contributed by atoms with Crippen molar-refractivity contribution in [3.8, 4) is 0 Å². The molecule has 2 aliphatic heterocycles. The Morgan fingerprint density at radius 1 is 1.12 bits per heavy atom. The van der Waals surface area contributed by atoms with Crippen molar-refractivity contribution in [2.24, 2.45) is 5.92 Å². The highest BCUT2D eigenvalue weighted by Gasteiger charge is 2.35. The number of benzene rings is 1. The lowest BCUT2D eigenvalue weighted by molar-refractivity contribution is -0.138. The molecule has 0 aromatic heterocycles. The third-order valence-electron chi connectivity index (χ3n) is 7.57. The van der Waals surface area contributed by atoms with Crippen LogP contribution in [0.1, 0.15) is 83.4 Å². The lowest BCUT2D eigenvalue weighted by atomic mass is 10.00. The van der Waals surface area contributed by atoms with Gasteiger partial charge in [-0.3, -0.25) is 9.59 Å². The third kappa shape index (κ3) is 9.02. The summed E-state index contributed by atoms with van der Waals surface area (Å²) >= 11 is 0. The van der Waals surface area contributed by atoms with Gasteiger partial charge in [-0.05, 0) is 95.4 Å². The molecular weight excluding hydrogens is 560 g/mol. The number of allylic oxidation sites excluding steroid dienone is 1. The molecule has 2 atom stereocenters. The van der Waals surface area contributed by atoms with Crippen molar-refractivity contribution in [3.63, 3.8) is 0 Å². The van der Waals surface area contributed by atoms with Gasteiger partial charge in [0, 0.05) is 25.8 Å². The van der Waals surface area contributed by atoms with Crippen LogP contribution in [0, 0.1) is 5.92 Å². The number of carbonyl (C=O) groups is 3. The summed E-state index contributed by atoms with van der Waals surface area (Å²) in [6.45, 7) is 8.28. The van der Waals surface area contributed by atoms with Gasteiger partial charge in [0.15, 0.2) is 0 Å². The Hall–Kier alpha value is -2.96. The van der Waals surface area contributed by atoms with Gasteiger partial charge >= 0.3 is 6.09 Å². The predicted octanol–water partition coefficient (Wildman–Crippen LogP) is 3.26. The predicted molar refractivity (Wildman–Crippen MR) is 158 cm³/mol. The summed E-state index contributed by atoms with van der Waals surface area (Å²) in [4.78, 5) is 39.9. The lowest BCUT2D eigenvalue weighted by Gasteiger charge is -2.27. The topological polar surface area (TPSA) is 143 Å². The average molecular weight is 605 g/mol. The van der Waals surface area contributed by atoms with Crippen LogP contribution < -0.4 is 15.4 Å². The summed E-state index contributed by atoms with van der Waals surface area (Å²) in [5.41, 5.74) is 0.827. The molecule has 1 aliphatic carbocycles. The molecule has 42 heavy (non-hydrogen) atoms. The van der Waals surface area contributed by atoms with Crippen molar-refractivity contribution in [3.05, 3.63) is 35.4 Å². The number of carbonyl (C=O) groups excluding carboxylic acids is 3. The highest BCUT2D eigenvalue weighted by atomic mass is 32.2. The molecule has 12 heteroatoms. The largest absolute Gasteiger partial charge is 0.444 e. The van der Waals surface area contributed by atoms with E-state index in [1.54, 1.807) is 39.0 Å². The molecule has 0 bridgehead atoms. The Morgan fingerprint density at radius 2 is 1.83 bits per heavy atom. The molecule has 0 radical (unpaired) electrons. The van der Waals surface area contributed by atoms with E-state index >= 15 is 0 Å². The average Bonchev–Trinajstić information content (AvgIpc) is 3.62. The van der Waals surface area contributed by atoms with Gasteiger partial charge < -0.3 is 25.0 Å². The summed E-state index contributed by atoms with van der Waals surface area (Å²) < 4.78 is 39.7. The fraction of sp³-hybridized carbons (Fsp3) is 0.633. The minimum Gasteiger partial charge on any atom is -0.444 e. The van der Waals surface area contributed by atoms with Crippen molar-refractivity contribution in [1.82, 2.24) is 20.3 Å². The zero-order valence-corrected chi connectivity index (χ0v) is 25.8. The molecule has 3 aliphatic rings. The van der Waals surface area contributed by atoms with Crippen LogP contribution >= 0.6 is 0 Å². The van der Waals surface area contributed by atoms with Gasteiger partial charge in [0.2, 0.25) is 21.8 Å². The molecule has 1 saturated carbocycles. The highest BCUT2D eigenvalue weighted by Crippen LogP contribution is 2.32. The molecular formula is C30H44N4O7S. The maximum atomic E-state index is 13.4. The Morgan fingerprint density at radius 3 is 2.50 bits per heavy atom. The van der Waals surface area contributed by atoms with Gasteiger partial charge in [-0.2, -0.15) is 0 Å². The number of nitrogens with zero attached hydrogens (tertiary/aromatic N) is 1. The zero-order chi connectivity index (χ0) is 30.5. The number of ether oxygens (including phenoxy) is 2. The van der Waals surface area contributed by atoms with Crippen molar-refractivity contribution in [2.75, 3.05) is 26.3 Å². The first-order chi connectivity index (χ1) is 19.8. The summed E-state index contributed by atoms with van der Waals surface area (Å²) in [7, 11) is -3.73. The van der Waals surface area contributed by atoms with E-state index in [2.05, 4.69) is 21.4 Å². The fourth-order valence-corrected chi connectivity index (χ4v) is 6.52. The quantitative estimate of drug-likeness (QED) is 0.372. The Kier molecular flexibility index (Phi) is 10.3. The zero-order valence-electron chi connectivity index (χ0n) is 25.0. The molecule has 11 nitrogen and oxygen atoms in total. The van der Waals surface area contributed by atoms with E-state index in [4.69, 9.17) is 9.47 Å². The number of nitrogens with one attached hydrogen (secondary N) is 3. The van der Waals surface area contributed by atoms with Crippen LogP contribution in [-0.2, 0) is 29.1 Å². The third-order valence-corrected chi connectivity index (χ3v) is 9.08. The second-order valence-corrected chi connectivity index (χ2v) is 14.0.